The zero-order valence-electron chi connectivity index (χ0n) is 16.1. The van der Waals surface area contributed by atoms with Gasteiger partial charge in [0.05, 0.1) is 23.4 Å². The van der Waals surface area contributed by atoms with Crippen LogP contribution in [0.5, 0.6) is 0 Å². The summed E-state index contributed by atoms with van der Waals surface area (Å²) >= 11 is 9.24. The largest absolute Gasteiger partial charge is 0.379 e. The van der Waals surface area contributed by atoms with Gasteiger partial charge in [0.15, 0.2) is 5.13 Å². The second-order valence-electron chi connectivity index (χ2n) is 6.72. The third kappa shape index (κ3) is 4.75. The van der Waals surface area contributed by atoms with Crippen LogP contribution in [0, 0.1) is 0 Å². The summed E-state index contributed by atoms with van der Waals surface area (Å²) in [4.78, 5) is 23.5. The van der Waals surface area contributed by atoms with Crippen molar-refractivity contribution in [2.45, 2.75) is 4.90 Å². The number of carbonyl (C=O) groups excluding carboxylic acids is 1. The van der Waals surface area contributed by atoms with Crippen LogP contribution in [0.4, 0.5) is 5.13 Å². The van der Waals surface area contributed by atoms with Crippen LogP contribution in [0.25, 0.3) is 10.2 Å². The lowest BCUT2D eigenvalue weighted by atomic mass is 10.2. The number of carbonyl (C=O) groups is 1. The molecule has 2 heterocycles. The molecule has 1 amide bonds. The Hall–Kier alpha value is -1.64. The number of hydrogen-bond acceptors (Lipinski definition) is 6. The Morgan fingerprint density at radius 1 is 1.24 bits per heavy atom. The van der Waals surface area contributed by atoms with Gasteiger partial charge >= 0.3 is 0 Å². The SMILES string of the molecule is CSc1cccc2sc(N(CCN3CCOCC3)C(=O)c3ccc(Cl)cc3)nc12. The fourth-order valence-electron chi connectivity index (χ4n) is 3.29. The summed E-state index contributed by atoms with van der Waals surface area (Å²) in [6.07, 6.45) is 2.04. The van der Waals surface area contributed by atoms with Gasteiger partial charge in [0.25, 0.3) is 5.91 Å². The summed E-state index contributed by atoms with van der Waals surface area (Å²) in [6.45, 7) is 4.62. The zero-order valence-corrected chi connectivity index (χ0v) is 18.5. The fraction of sp³-hybridized carbons (Fsp3) is 0.333. The minimum Gasteiger partial charge on any atom is -0.379 e. The predicted octanol–water partition coefficient (Wildman–Crippen LogP) is 4.65. The van der Waals surface area contributed by atoms with Crippen molar-refractivity contribution in [2.75, 3.05) is 50.5 Å². The average Bonchev–Trinajstić information content (AvgIpc) is 3.19. The summed E-state index contributed by atoms with van der Waals surface area (Å²) in [7, 11) is 0. The van der Waals surface area contributed by atoms with Crippen molar-refractivity contribution < 1.29 is 9.53 Å². The van der Waals surface area contributed by atoms with Crippen LogP contribution in [-0.2, 0) is 4.74 Å². The van der Waals surface area contributed by atoms with E-state index in [4.69, 9.17) is 21.3 Å². The first-order valence-corrected chi connectivity index (χ1v) is 11.9. The molecule has 1 aliphatic heterocycles. The van der Waals surface area contributed by atoms with E-state index in [0.717, 1.165) is 53.1 Å². The number of halogens is 1. The molecule has 0 unspecified atom stereocenters. The fourth-order valence-corrected chi connectivity index (χ4v) is 5.06. The van der Waals surface area contributed by atoms with Gasteiger partial charge in [-0.15, -0.1) is 11.8 Å². The van der Waals surface area contributed by atoms with Crippen molar-refractivity contribution in [3.8, 4) is 0 Å². The molecule has 1 saturated heterocycles. The number of anilines is 1. The Bertz CT molecular complexity index is 987. The number of ether oxygens (including phenoxy) is 1. The van der Waals surface area contributed by atoms with Crippen molar-refractivity contribution in [1.29, 1.82) is 0 Å². The number of thiazole rings is 1. The van der Waals surface area contributed by atoms with Gasteiger partial charge in [-0.2, -0.15) is 0 Å². The lowest BCUT2D eigenvalue weighted by Crippen LogP contribution is -2.43. The van der Waals surface area contributed by atoms with Crippen molar-refractivity contribution >= 4 is 56.0 Å². The maximum atomic E-state index is 13.4. The molecule has 8 heteroatoms. The van der Waals surface area contributed by atoms with Crippen LogP contribution >= 0.6 is 34.7 Å². The molecule has 4 rings (SSSR count). The summed E-state index contributed by atoms with van der Waals surface area (Å²) < 4.78 is 6.53. The molecule has 2 aromatic carbocycles. The summed E-state index contributed by atoms with van der Waals surface area (Å²) in [5.41, 5.74) is 1.57. The average molecular weight is 448 g/mol. The Balaban J connectivity index is 1.65. The maximum Gasteiger partial charge on any atom is 0.260 e. The molecule has 1 fully saturated rings. The molecular weight excluding hydrogens is 426 g/mol. The topological polar surface area (TPSA) is 45.7 Å². The molecule has 0 spiro atoms. The predicted molar refractivity (Wildman–Crippen MR) is 122 cm³/mol. The van der Waals surface area contributed by atoms with Crippen LogP contribution < -0.4 is 4.90 Å². The maximum absolute atomic E-state index is 13.4. The van der Waals surface area contributed by atoms with Gasteiger partial charge in [0, 0.05) is 41.7 Å². The highest BCUT2D eigenvalue weighted by molar-refractivity contribution is 7.98. The highest BCUT2D eigenvalue weighted by atomic mass is 35.5. The van der Waals surface area contributed by atoms with Gasteiger partial charge in [0.1, 0.15) is 0 Å². The van der Waals surface area contributed by atoms with E-state index in [1.165, 1.54) is 0 Å². The molecule has 0 atom stereocenters. The van der Waals surface area contributed by atoms with Crippen LogP contribution in [-0.4, -0.2) is 61.4 Å². The molecule has 0 bridgehead atoms. The first-order chi connectivity index (χ1) is 14.2. The van der Waals surface area contributed by atoms with Crippen LogP contribution in [0.2, 0.25) is 5.02 Å². The van der Waals surface area contributed by atoms with E-state index in [0.29, 0.717) is 17.1 Å². The summed E-state index contributed by atoms with van der Waals surface area (Å²) in [6, 6.07) is 13.2. The quantitative estimate of drug-likeness (QED) is 0.514. The number of thioether (sulfide) groups is 1. The highest BCUT2D eigenvalue weighted by Gasteiger charge is 2.23. The smallest absolute Gasteiger partial charge is 0.260 e. The Kier molecular flexibility index (Phi) is 6.72. The Morgan fingerprint density at radius 3 is 2.72 bits per heavy atom. The number of amides is 1. The number of para-hydroxylation sites is 1. The van der Waals surface area contributed by atoms with E-state index in [-0.39, 0.29) is 5.91 Å². The van der Waals surface area contributed by atoms with E-state index in [2.05, 4.69) is 17.0 Å². The molecule has 1 aromatic heterocycles. The van der Waals surface area contributed by atoms with Crippen LogP contribution in [0.1, 0.15) is 10.4 Å². The van der Waals surface area contributed by atoms with E-state index in [9.17, 15) is 4.79 Å². The summed E-state index contributed by atoms with van der Waals surface area (Å²) in [5, 5.41) is 1.35. The molecule has 0 saturated carbocycles. The second kappa shape index (κ2) is 9.45. The number of benzene rings is 2. The number of nitrogens with zero attached hydrogens (tertiary/aromatic N) is 3. The second-order valence-corrected chi connectivity index (χ2v) is 9.01. The molecule has 29 heavy (non-hydrogen) atoms. The lowest BCUT2D eigenvalue weighted by Gasteiger charge is -2.29. The summed E-state index contributed by atoms with van der Waals surface area (Å²) in [5.74, 6) is -0.0558. The molecular formula is C21H22ClN3O2S2. The van der Waals surface area contributed by atoms with Crippen molar-refractivity contribution in [1.82, 2.24) is 9.88 Å². The molecule has 1 aliphatic rings. The monoisotopic (exact) mass is 447 g/mol. The van der Waals surface area contributed by atoms with Crippen LogP contribution in [0.15, 0.2) is 47.4 Å². The standard InChI is InChI=1S/C21H22ClN3O2S2/c1-28-17-3-2-4-18-19(17)23-21(29-18)25(10-9-24-11-13-27-14-12-24)20(26)15-5-7-16(22)8-6-15/h2-8H,9-14H2,1H3. The van der Waals surface area contributed by atoms with Gasteiger partial charge < -0.3 is 4.74 Å². The van der Waals surface area contributed by atoms with Gasteiger partial charge in [-0.25, -0.2) is 4.98 Å². The third-order valence-electron chi connectivity index (χ3n) is 4.90. The minimum atomic E-state index is -0.0558. The number of fused-ring (bicyclic) bond motifs is 1. The van der Waals surface area contributed by atoms with E-state index in [1.807, 2.05) is 12.3 Å². The van der Waals surface area contributed by atoms with E-state index in [1.54, 1.807) is 52.3 Å². The van der Waals surface area contributed by atoms with Gasteiger partial charge in [-0.1, -0.05) is 29.0 Å². The lowest BCUT2D eigenvalue weighted by molar-refractivity contribution is 0.0391. The minimum absolute atomic E-state index is 0.0558. The van der Waals surface area contributed by atoms with E-state index < -0.39 is 0 Å². The number of hydrogen-bond donors (Lipinski definition) is 0. The number of aromatic nitrogens is 1. The van der Waals surface area contributed by atoms with E-state index >= 15 is 0 Å². The molecule has 0 N–H and O–H groups in total. The van der Waals surface area contributed by atoms with Gasteiger partial charge in [0.2, 0.25) is 0 Å². The third-order valence-corrected chi connectivity index (χ3v) is 6.97. The zero-order chi connectivity index (χ0) is 20.2. The molecule has 5 nitrogen and oxygen atoms in total. The first kappa shape index (κ1) is 20.6. The van der Waals surface area contributed by atoms with Crippen molar-refractivity contribution in [2.24, 2.45) is 0 Å². The number of morpholine rings is 1. The van der Waals surface area contributed by atoms with Crippen molar-refractivity contribution in [3.63, 3.8) is 0 Å². The highest BCUT2D eigenvalue weighted by Crippen LogP contribution is 2.34. The molecule has 3 aromatic rings. The number of rotatable bonds is 6. The first-order valence-electron chi connectivity index (χ1n) is 9.47. The van der Waals surface area contributed by atoms with Crippen LogP contribution in [0.3, 0.4) is 0 Å². The van der Waals surface area contributed by atoms with Gasteiger partial charge in [-0.05, 0) is 42.7 Å². The normalized spacial score (nSPS) is 15.0. The van der Waals surface area contributed by atoms with Crippen molar-refractivity contribution in [3.05, 3.63) is 53.1 Å². The molecule has 0 aliphatic carbocycles. The Morgan fingerprint density at radius 2 is 2.00 bits per heavy atom. The molecule has 152 valence electrons. The Labute approximate surface area is 183 Å². The molecule has 0 radical (unpaired) electrons. The van der Waals surface area contributed by atoms with Gasteiger partial charge in [-0.3, -0.25) is 14.6 Å².